The lowest BCUT2D eigenvalue weighted by Gasteiger charge is -2.13. The van der Waals surface area contributed by atoms with Gasteiger partial charge in [0.2, 0.25) is 0 Å². The minimum Gasteiger partial charge on any atom is -0.488 e. The highest BCUT2D eigenvalue weighted by Gasteiger charge is 2.20. The summed E-state index contributed by atoms with van der Waals surface area (Å²) in [6.07, 6.45) is 1.97. The van der Waals surface area contributed by atoms with Crippen LogP contribution in [0.4, 0.5) is 4.39 Å². The lowest BCUT2D eigenvalue weighted by molar-refractivity contribution is 0.104. The van der Waals surface area contributed by atoms with Gasteiger partial charge >= 0.3 is 0 Å². The molecule has 3 nitrogen and oxygen atoms in total. The van der Waals surface area contributed by atoms with Gasteiger partial charge in [-0.15, -0.1) is 0 Å². The van der Waals surface area contributed by atoms with Gasteiger partial charge in [0.1, 0.15) is 12.7 Å². The normalized spacial score (nSPS) is 16.8. The molecule has 1 aromatic carbocycles. The summed E-state index contributed by atoms with van der Waals surface area (Å²) in [5.41, 5.74) is 0. The van der Waals surface area contributed by atoms with Crippen molar-refractivity contribution in [3.63, 3.8) is 0 Å². The van der Waals surface area contributed by atoms with Crippen LogP contribution < -0.4 is 10.1 Å². The Labute approximate surface area is 101 Å². The van der Waals surface area contributed by atoms with E-state index in [1.165, 1.54) is 18.9 Å². The minimum absolute atomic E-state index is 0.110. The second-order valence-corrected chi connectivity index (χ2v) is 4.50. The van der Waals surface area contributed by atoms with Crippen LogP contribution in [0.5, 0.6) is 5.75 Å². The van der Waals surface area contributed by atoms with Crippen molar-refractivity contribution in [3.8, 4) is 5.75 Å². The molecule has 1 atom stereocenters. The lowest BCUT2D eigenvalue weighted by Crippen LogP contribution is -2.32. The zero-order valence-corrected chi connectivity index (χ0v) is 9.73. The molecule has 2 rings (SSSR count). The third kappa shape index (κ3) is 4.32. The zero-order valence-electron chi connectivity index (χ0n) is 9.73. The van der Waals surface area contributed by atoms with Gasteiger partial charge in [-0.2, -0.15) is 0 Å². The first-order valence-corrected chi connectivity index (χ1v) is 6.02. The Morgan fingerprint density at radius 1 is 1.41 bits per heavy atom. The SMILES string of the molecule is OC(CNCC1CC1)COc1ccccc1F. The van der Waals surface area contributed by atoms with E-state index < -0.39 is 11.9 Å². The van der Waals surface area contributed by atoms with E-state index in [4.69, 9.17) is 4.74 Å². The van der Waals surface area contributed by atoms with E-state index >= 15 is 0 Å². The summed E-state index contributed by atoms with van der Waals surface area (Å²) in [5, 5.41) is 12.8. The smallest absolute Gasteiger partial charge is 0.165 e. The van der Waals surface area contributed by atoms with E-state index in [1.54, 1.807) is 18.2 Å². The molecule has 0 spiro atoms. The maximum atomic E-state index is 13.2. The Morgan fingerprint density at radius 2 is 2.18 bits per heavy atom. The molecule has 17 heavy (non-hydrogen) atoms. The molecular weight excluding hydrogens is 221 g/mol. The van der Waals surface area contributed by atoms with Gasteiger partial charge in [-0.05, 0) is 37.4 Å². The Kier molecular flexibility index (Phi) is 4.34. The molecule has 1 aliphatic rings. The summed E-state index contributed by atoms with van der Waals surface area (Å²) >= 11 is 0. The van der Waals surface area contributed by atoms with Crippen LogP contribution in [0.1, 0.15) is 12.8 Å². The summed E-state index contributed by atoms with van der Waals surface area (Å²) in [5.74, 6) is 0.578. The molecule has 0 amide bonds. The second kappa shape index (κ2) is 5.98. The number of halogens is 1. The molecule has 2 N–H and O–H groups in total. The summed E-state index contributed by atoms with van der Waals surface area (Å²) in [6.45, 7) is 1.56. The summed E-state index contributed by atoms with van der Waals surface area (Å²) < 4.78 is 18.4. The van der Waals surface area contributed by atoms with E-state index in [0.29, 0.717) is 6.54 Å². The molecule has 1 unspecified atom stereocenters. The van der Waals surface area contributed by atoms with Gasteiger partial charge in [0.15, 0.2) is 11.6 Å². The highest BCUT2D eigenvalue weighted by Crippen LogP contribution is 2.27. The molecule has 1 saturated carbocycles. The number of para-hydroxylation sites is 1. The Morgan fingerprint density at radius 3 is 2.88 bits per heavy atom. The molecule has 0 saturated heterocycles. The Balaban J connectivity index is 1.64. The molecule has 1 aliphatic carbocycles. The van der Waals surface area contributed by atoms with E-state index in [1.807, 2.05) is 0 Å². The van der Waals surface area contributed by atoms with Gasteiger partial charge in [0.05, 0.1) is 0 Å². The number of benzene rings is 1. The maximum absolute atomic E-state index is 13.2. The molecule has 1 fully saturated rings. The van der Waals surface area contributed by atoms with E-state index in [2.05, 4.69) is 5.32 Å². The number of aliphatic hydroxyl groups excluding tert-OH is 1. The summed E-state index contributed by atoms with van der Waals surface area (Å²) in [6, 6.07) is 6.21. The Bertz CT molecular complexity index is 355. The van der Waals surface area contributed by atoms with Gasteiger partial charge in [-0.1, -0.05) is 12.1 Å². The molecule has 0 radical (unpaired) electrons. The van der Waals surface area contributed by atoms with Crippen molar-refractivity contribution >= 4 is 0 Å². The van der Waals surface area contributed by atoms with Crippen molar-refractivity contribution < 1.29 is 14.2 Å². The molecule has 4 heteroatoms. The van der Waals surface area contributed by atoms with Crippen molar-refractivity contribution in [2.45, 2.75) is 18.9 Å². The maximum Gasteiger partial charge on any atom is 0.165 e. The molecular formula is C13H18FNO2. The van der Waals surface area contributed by atoms with Crippen LogP contribution in [-0.2, 0) is 0 Å². The van der Waals surface area contributed by atoms with Gasteiger partial charge in [-0.25, -0.2) is 4.39 Å². The zero-order chi connectivity index (χ0) is 12.1. The average Bonchev–Trinajstić information content (AvgIpc) is 3.12. The van der Waals surface area contributed by atoms with Gasteiger partial charge in [0.25, 0.3) is 0 Å². The second-order valence-electron chi connectivity index (χ2n) is 4.50. The minimum atomic E-state index is -0.603. The van der Waals surface area contributed by atoms with E-state index in [0.717, 1.165) is 12.5 Å². The van der Waals surface area contributed by atoms with Crippen LogP contribution in [0.15, 0.2) is 24.3 Å². The largest absolute Gasteiger partial charge is 0.488 e. The first kappa shape index (κ1) is 12.3. The van der Waals surface area contributed by atoms with Crippen molar-refractivity contribution in [2.75, 3.05) is 19.7 Å². The van der Waals surface area contributed by atoms with Gasteiger partial charge in [-0.3, -0.25) is 0 Å². The number of hydrogen-bond acceptors (Lipinski definition) is 3. The van der Waals surface area contributed by atoms with Crippen molar-refractivity contribution in [3.05, 3.63) is 30.1 Å². The van der Waals surface area contributed by atoms with Crippen LogP contribution in [-0.4, -0.2) is 30.9 Å². The number of rotatable bonds is 7. The van der Waals surface area contributed by atoms with Crippen LogP contribution in [0, 0.1) is 11.7 Å². The first-order valence-electron chi connectivity index (χ1n) is 6.02. The predicted molar refractivity (Wildman–Crippen MR) is 63.5 cm³/mol. The van der Waals surface area contributed by atoms with Crippen LogP contribution in [0.2, 0.25) is 0 Å². The van der Waals surface area contributed by atoms with Crippen molar-refractivity contribution in [2.24, 2.45) is 5.92 Å². The number of nitrogens with one attached hydrogen (secondary N) is 1. The fourth-order valence-corrected chi connectivity index (χ4v) is 1.58. The molecule has 0 aliphatic heterocycles. The van der Waals surface area contributed by atoms with Gasteiger partial charge < -0.3 is 15.2 Å². The fourth-order valence-electron chi connectivity index (χ4n) is 1.58. The first-order chi connectivity index (χ1) is 8.25. The number of ether oxygens (including phenoxy) is 1. The summed E-state index contributed by atoms with van der Waals surface area (Å²) in [7, 11) is 0. The average molecular weight is 239 g/mol. The molecule has 1 aromatic rings. The number of hydrogen-bond donors (Lipinski definition) is 2. The number of aliphatic hydroxyl groups is 1. The Hall–Kier alpha value is -1.13. The van der Waals surface area contributed by atoms with Crippen molar-refractivity contribution in [1.29, 1.82) is 0 Å². The van der Waals surface area contributed by atoms with Crippen LogP contribution in [0.3, 0.4) is 0 Å². The topological polar surface area (TPSA) is 41.5 Å². The van der Waals surface area contributed by atoms with E-state index in [9.17, 15) is 9.50 Å². The highest BCUT2D eigenvalue weighted by atomic mass is 19.1. The third-order valence-corrected chi connectivity index (χ3v) is 2.78. The summed E-state index contributed by atoms with van der Waals surface area (Å²) in [4.78, 5) is 0. The monoisotopic (exact) mass is 239 g/mol. The lowest BCUT2D eigenvalue weighted by atomic mass is 10.3. The molecule has 94 valence electrons. The standard InChI is InChI=1S/C13H18FNO2/c14-12-3-1-2-4-13(12)17-9-11(16)8-15-7-10-5-6-10/h1-4,10-11,15-16H,5-9H2. The van der Waals surface area contributed by atoms with E-state index in [-0.39, 0.29) is 12.4 Å². The third-order valence-electron chi connectivity index (χ3n) is 2.78. The van der Waals surface area contributed by atoms with Gasteiger partial charge in [0, 0.05) is 6.54 Å². The predicted octanol–water partition coefficient (Wildman–Crippen LogP) is 1.56. The fraction of sp³-hybridized carbons (Fsp3) is 0.538. The van der Waals surface area contributed by atoms with Crippen LogP contribution in [0.25, 0.3) is 0 Å². The van der Waals surface area contributed by atoms with Crippen molar-refractivity contribution in [1.82, 2.24) is 5.32 Å². The highest BCUT2D eigenvalue weighted by molar-refractivity contribution is 5.23. The molecule has 0 heterocycles. The molecule has 0 aromatic heterocycles. The quantitative estimate of drug-likeness (QED) is 0.759. The molecule has 0 bridgehead atoms. The van der Waals surface area contributed by atoms with Crippen LogP contribution >= 0.6 is 0 Å².